The third-order valence-corrected chi connectivity index (χ3v) is 3.24. The maximum absolute atomic E-state index is 6.03. The second-order valence-electron chi connectivity index (χ2n) is 5.97. The average molecular weight is 238 g/mol. The van der Waals surface area contributed by atoms with Gasteiger partial charge in [0.2, 0.25) is 5.89 Å². The number of nitrogens with zero attached hydrogens (tertiary/aromatic N) is 1. The minimum Gasteiger partial charge on any atom is -0.445 e. The molecule has 0 aromatic carbocycles. The van der Waals surface area contributed by atoms with Crippen molar-refractivity contribution in [1.82, 2.24) is 10.3 Å². The quantitative estimate of drug-likeness (QED) is 0.878. The number of nitrogens with one attached hydrogen (secondary N) is 1. The van der Waals surface area contributed by atoms with E-state index in [1.165, 1.54) is 0 Å². The van der Waals surface area contributed by atoms with Crippen LogP contribution in [0, 0.1) is 6.92 Å². The maximum Gasteiger partial charge on any atom is 0.208 e. The Morgan fingerprint density at radius 1 is 1.41 bits per heavy atom. The van der Waals surface area contributed by atoms with Crippen LogP contribution in [0.5, 0.6) is 0 Å². The van der Waals surface area contributed by atoms with Crippen molar-refractivity contribution in [3.05, 3.63) is 17.8 Å². The van der Waals surface area contributed by atoms with Gasteiger partial charge in [-0.25, -0.2) is 4.98 Å². The summed E-state index contributed by atoms with van der Waals surface area (Å²) < 4.78 is 11.5. The standard InChI is InChI=1S/C13H22N2O2/c1-9-7-15-11(16-9)8-14-10-6-12(2,3)17-13(10,4)5/h7,10,14H,6,8H2,1-5H3. The molecule has 17 heavy (non-hydrogen) atoms. The summed E-state index contributed by atoms with van der Waals surface area (Å²) in [5.74, 6) is 1.59. The molecule has 4 heteroatoms. The maximum atomic E-state index is 6.03. The SMILES string of the molecule is Cc1cnc(CNC2CC(C)(C)OC2(C)C)o1. The number of oxazole rings is 1. The first kappa shape index (κ1) is 12.6. The average Bonchev–Trinajstić information content (AvgIpc) is 2.64. The summed E-state index contributed by atoms with van der Waals surface area (Å²) in [6.07, 6.45) is 2.75. The molecule has 4 nitrogen and oxygen atoms in total. The van der Waals surface area contributed by atoms with Crippen LogP contribution in [-0.4, -0.2) is 22.2 Å². The molecular weight excluding hydrogens is 216 g/mol. The van der Waals surface area contributed by atoms with Crippen LogP contribution in [0.3, 0.4) is 0 Å². The van der Waals surface area contributed by atoms with E-state index in [-0.39, 0.29) is 11.2 Å². The Labute approximate surface area is 103 Å². The summed E-state index contributed by atoms with van der Waals surface area (Å²) in [6.45, 7) is 11.1. The first-order valence-corrected chi connectivity index (χ1v) is 6.13. The molecule has 0 aliphatic carbocycles. The van der Waals surface area contributed by atoms with Gasteiger partial charge in [0.05, 0.1) is 23.9 Å². The number of aryl methyl sites for hydroxylation is 1. The van der Waals surface area contributed by atoms with Crippen molar-refractivity contribution < 1.29 is 9.15 Å². The molecule has 1 fully saturated rings. The van der Waals surface area contributed by atoms with Crippen LogP contribution in [0.2, 0.25) is 0 Å². The monoisotopic (exact) mass is 238 g/mol. The van der Waals surface area contributed by atoms with Crippen LogP contribution in [0.4, 0.5) is 0 Å². The van der Waals surface area contributed by atoms with Crippen molar-refractivity contribution in [3.63, 3.8) is 0 Å². The Morgan fingerprint density at radius 3 is 2.59 bits per heavy atom. The molecule has 1 saturated heterocycles. The number of rotatable bonds is 3. The highest BCUT2D eigenvalue weighted by Crippen LogP contribution is 2.37. The van der Waals surface area contributed by atoms with E-state index in [9.17, 15) is 0 Å². The van der Waals surface area contributed by atoms with Gasteiger partial charge in [0.25, 0.3) is 0 Å². The van der Waals surface area contributed by atoms with Crippen LogP contribution in [0.1, 0.15) is 45.8 Å². The van der Waals surface area contributed by atoms with E-state index in [4.69, 9.17) is 9.15 Å². The van der Waals surface area contributed by atoms with Gasteiger partial charge in [0, 0.05) is 6.04 Å². The summed E-state index contributed by atoms with van der Waals surface area (Å²) in [4.78, 5) is 4.19. The van der Waals surface area contributed by atoms with Gasteiger partial charge in [-0.1, -0.05) is 0 Å². The molecular formula is C13H22N2O2. The van der Waals surface area contributed by atoms with Gasteiger partial charge in [-0.3, -0.25) is 0 Å². The number of hydrogen-bond donors (Lipinski definition) is 1. The van der Waals surface area contributed by atoms with Gasteiger partial charge in [-0.15, -0.1) is 0 Å². The fraction of sp³-hybridized carbons (Fsp3) is 0.769. The van der Waals surface area contributed by atoms with E-state index in [1.807, 2.05) is 6.92 Å². The fourth-order valence-corrected chi connectivity index (χ4v) is 2.57. The van der Waals surface area contributed by atoms with Gasteiger partial charge in [0.15, 0.2) is 0 Å². The highest BCUT2D eigenvalue weighted by atomic mass is 16.5. The fourth-order valence-electron chi connectivity index (χ4n) is 2.57. The van der Waals surface area contributed by atoms with Gasteiger partial charge >= 0.3 is 0 Å². The smallest absolute Gasteiger partial charge is 0.208 e. The Balaban J connectivity index is 1.95. The van der Waals surface area contributed by atoms with E-state index in [0.717, 1.165) is 18.1 Å². The van der Waals surface area contributed by atoms with E-state index < -0.39 is 0 Å². The van der Waals surface area contributed by atoms with Gasteiger partial charge in [0.1, 0.15) is 5.76 Å². The summed E-state index contributed by atoms with van der Waals surface area (Å²) in [5.41, 5.74) is -0.210. The Morgan fingerprint density at radius 2 is 2.12 bits per heavy atom. The highest BCUT2D eigenvalue weighted by molar-refractivity contribution is 5.00. The molecule has 1 aliphatic heterocycles. The van der Waals surface area contributed by atoms with Crippen LogP contribution in [0.15, 0.2) is 10.6 Å². The van der Waals surface area contributed by atoms with E-state index in [0.29, 0.717) is 12.6 Å². The molecule has 0 bridgehead atoms. The van der Waals surface area contributed by atoms with E-state index >= 15 is 0 Å². The Kier molecular flexibility index (Phi) is 3.04. The zero-order chi connectivity index (χ0) is 12.7. The van der Waals surface area contributed by atoms with Gasteiger partial charge in [-0.2, -0.15) is 0 Å². The molecule has 96 valence electrons. The lowest BCUT2D eigenvalue weighted by Crippen LogP contribution is -2.42. The normalized spacial score (nSPS) is 26.3. The second kappa shape index (κ2) is 4.10. The molecule has 2 heterocycles. The van der Waals surface area contributed by atoms with Crippen molar-refractivity contribution in [1.29, 1.82) is 0 Å². The third-order valence-electron chi connectivity index (χ3n) is 3.24. The number of aromatic nitrogens is 1. The second-order valence-corrected chi connectivity index (χ2v) is 5.97. The molecule has 1 unspecified atom stereocenters. The Hall–Kier alpha value is -0.870. The first-order valence-electron chi connectivity index (χ1n) is 6.13. The van der Waals surface area contributed by atoms with E-state index in [2.05, 4.69) is 38.0 Å². The summed E-state index contributed by atoms with van der Waals surface area (Å²) in [5, 5.41) is 3.48. The summed E-state index contributed by atoms with van der Waals surface area (Å²) >= 11 is 0. The number of hydrogen-bond acceptors (Lipinski definition) is 4. The largest absolute Gasteiger partial charge is 0.445 e. The summed E-state index contributed by atoms with van der Waals surface area (Å²) in [6, 6.07) is 0.324. The van der Waals surface area contributed by atoms with Gasteiger partial charge < -0.3 is 14.5 Å². The molecule has 0 amide bonds. The van der Waals surface area contributed by atoms with Crippen LogP contribution in [-0.2, 0) is 11.3 Å². The Bertz CT molecular complexity index is 396. The van der Waals surface area contributed by atoms with Crippen molar-refractivity contribution in [2.75, 3.05) is 0 Å². The molecule has 0 radical (unpaired) electrons. The highest BCUT2D eigenvalue weighted by Gasteiger charge is 2.45. The lowest BCUT2D eigenvalue weighted by molar-refractivity contribution is -0.0699. The molecule has 1 atom stereocenters. The van der Waals surface area contributed by atoms with Crippen molar-refractivity contribution in [3.8, 4) is 0 Å². The minimum atomic E-state index is -0.148. The minimum absolute atomic E-state index is 0.0618. The van der Waals surface area contributed by atoms with Crippen LogP contribution in [0.25, 0.3) is 0 Å². The summed E-state index contributed by atoms with van der Waals surface area (Å²) in [7, 11) is 0. The predicted molar refractivity (Wildman–Crippen MR) is 65.7 cm³/mol. The van der Waals surface area contributed by atoms with Crippen molar-refractivity contribution >= 4 is 0 Å². The van der Waals surface area contributed by atoms with Gasteiger partial charge in [-0.05, 0) is 41.0 Å². The lowest BCUT2D eigenvalue weighted by atomic mass is 9.94. The molecule has 1 aliphatic rings. The molecule has 2 rings (SSSR count). The van der Waals surface area contributed by atoms with Crippen molar-refractivity contribution in [2.45, 2.75) is 64.8 Å². The topological polar surface area (TPSA) is 47.3 Å². The molecule has 1 aromatic heterocycles. The molecule has 1 N–H and O–H groups in total. The predicted octanol–water partition coefficient (Wildman–Crippen LogP) is 2.42. The lowest BCUT2D eigenvalue weighted by Gasteiger charge is -2.27. The third kappa shape index (κ3) is 2.87. The zero-order valence-corrected chi connectivity index (χ0v) is 11.3. The van der Waals surface area contributed by atoms with E-state index in [1.54, 1.807) is 6.20 Å². The molecule has 0 saturated carbocycles. The van der Waals surface area contributed by atoms with Crippen molar-refractivity contribution in [2.24, 2.45) is 0 Å². The van der Waals surface area contributed by atoms with Crippen LogP contribution >= 0.6 is 0 Å². The molecule has 1 aromatic rings. The zero-order valence-electron chi connectivity index (χ0n) is 11.3. The first-order chi connectivity index (χ1) is 7.78. The van der Waals surface area contributed by atoms with Crippen LogP contribution < -0.4 is 5.32 Å². The number of ether oxygens (including phenoxy) is 1. The molecule has 0 spiro atoms.